The molecule has 2 aliphatic rings. The van der Waals surface area contributed by atoms with Gasteiger partial charge in [0.1, 0.15) is 5.76 Å². The molecule has 1 aromatic carbocycles. The van der Waals surface area contributed by atoms with Crippen LogP contribution in [0.15, 0.2) is 40.9 Å². The first-order chi connectivity index (χ1) is 10.2. The van der Waals surface area contributed by atoms with Crippen molar-refractivity contribution in [2.45, 2.75) is 25.7 Å². The Kier molecular flexibility index (Phi) is 2.67. The van der Waals surface area contributed by atoms with E-state index in [9.17, 15) is 4.79 Å². The first kappa shape index (κ1) is 12.6. The highest BCUT2D eigenvalue weighted by molar-refractivity contribution is 5.93. The van der Waals surface area contributed by atoms with Gasteiger partial charge in [-0.2, -0.15) is 0 Å². The van der Waals surface area contributed by atoms with Crippen LogP contribution in [0, 0.1) is 12.3 Å². The van der Waals surface area contributed by atoms with Crippen LogP contribution in [0.2, 0.25) is 0 Å². The van der Waals surface area contributed by atoms with Crippen LogP contribution in [0.5, 0.6) is 0 Å². The van der Waals surface area contributed by atoms with Gasteiger partial charge in [0.15, 0.2) is 5.69 Å². The molecular weight excluding hydrogens is 264 g/mol. The van der Waals surface area contributed by atoms with E-state index in [1.165, 1.54) is 18.4 Å². The van der Waals surface area contributed by atoms with Crippen molar-refractivity contribution in [3.63, 3.8) is 0 Å². The summed E-state index contributed by atoms with van der Waals surface area (Å²) >= 11 is 0. The van der Waals surface area contributed by atoms with E-state index in [0.717, 1.165) is 13.1 Å². The van der Waals surface area contributed by atoms with Crippen LogP contribution in [-0.4, -0.2) is 29.1 Å². The molecule has 4 nitrogen and oxygen atoms in total. The molecule has 1 amide bonds. The maximum absolute atomic E-state index is 12.2. The predicted octanol–water partition coefficient (Wildman–Crippen LogP) is 3.00. The first-order valence-corrected chi connectivity index (χ1v) is 7.43. The van der Waals surface area contributed by atoms with Gasteiger partial charge in [0.2, 0.25) is 0 Å². The summed E-state index contributed by atoms with van der Waals surface area (Å²) in [6.45, 7) is 3.53. The Balaban J connectivity index is 1.35. The molecule has 0 radical (unpaired) electrons. The van der Waals surface area contributed by atoms with Crippen molar-refractivity contribution in [2.24, 2.45) is 5.41 Å². The van der Waals surface area contributed by atoms with Gasteiger partial charge in [-0.05, 0) is 31.2 Å². The lowest BCUT2D eigenvalue weighted by Gasteiger charge is -2.59. The van der Waals surface area contributed by atoms with Gasteiger partial charge in [0, 0.05) is 24.6 Å². The Morgan fingerprint density at radius 2 is 2.00 bits per heavy atom. The number of nitrogens with zero attached hydrogens (tertiary/aromatic N) is 2. The molecule has 1 spiro atoms. The van der Waals surface area contributed by atoms with Crippen molar-refractivity contribution in [1.82, 2.24) is 10.1 Å². The minimum absolute atomic E-state index is 0.000589. The molecule has 2 aromatic rings. The molecule has 4 heteroatoms. The highest BCUT2D eigenvalue weighted by atomic mass is 16.5. The zero-order valence-corrected chi connectivity index (χ0v) is 12.1. The fourth-order valence-corrected chi connectivity index (χ4v) is 3.74. The fourth-order valence-electron chi connectivity index (χ4n) is 3.74. The molecule has 1 saturated heterocycles. The number of rotatable bonds is 2. The summed E-state index contributed by atoms with van der Waals surface area (Å²) in [4.78, 5) is 14.1. The third-order valence-corrected chi connectivity index (χ3v) is 4.82. The molecular formula is C17H18N2O2. The Bertz CT molecular complexity index is 663. The highest BCUT2D eigenvalue weighted by Crippen LogP contribution is 2.56. The van der Waals surface area contributed by atoms with Gasteiger partial charge in [-0.15, -0.1) is 0 Å². The molecule has 1 aromatic heterocycles. The van der Waals surface area contributed by atoms with Gasteiger partial charge in [0.05, 0.1) is 0 Å². The summed E-state index contributed by atoms with van der Waals surface area (Å²) in [5.74, 6) is 1.35. The molecule has 0 unspecified atom stereocenters. The average Bonchev–Trinajstić information content (AvgIpc) is 2.83. The zero-order chi connectivity index (χ0) is 14.4. The van der Waals surface area contributed by atoms with Crippen molar-refractivity contribution < 1.29 is 9.32 Å². The maximum Gasteiger partial charge on any atom is 0.276 e. The van der Waals surface area contributed by atoms with E-state index < -0.39 is 0 Å². The Hall–Kier alpha value is -2.10. The van der Waals surface area contributed by atoms with E-state index in [4.69, 9.17) is 4.52 Å². The quantitative estimate of drug-likeness (QED) is 0.850. The summed E-state index contributed by atoms with van der Waals surface area (Å²) in [6.07, 6.45) is 2.39. The lowest BCUT2D eigenvalue weighted by molar-refractivity contribution is -0.0557. The molecule has 21 heavy (non-hydrogen) atoms. The van der Waals surface area contributed by atoms with Crippen molar-refractivity contribution in [3.05, 3.63) is 53.4 Å². The summed E-state index contributed by atoms with van der Waals surface area (Å²) in [5, 5.41) is 3.81. The van der Waals surface area contributed by atoms with Gasteiger partial charge >= 0.3 is 0 Å². The minimum Gasteiger partial charge on any atom is -0.361 e. The van der Waals surface area contributed by atoms with Gasteiger partial charge in [-0.3, -0.25) is 4.79 Å². The number of hydrogen-bond acceptors (Lipinski definition) is 3. The minimum atomic E-state index is 0.000589. The Morgan fingerprint density at radius 3 is 2.62 bits per heavy atom. The van der Waals surface area contributed by atoms with Crippen LogP contribution in [-0.2, 0) is 0 Å². The van der Waals surface area contributed by atoms with Crippen molar-refractivity contribution in [1.29, 1.82) is 0 Å². The SMILES string of the molecule is Cc1cc(C(=O)N2CC3(CC(c4ccccc4)C3)C2)no1. The van der Waals surface area contributed by atoms with E-state index in [1.807, 2.05) is 4.90 Å². The number of hydrogen-bond donors (Lipinski definition) is 0. The number of aromatic nitrogens is 1. The molecule has 2 fully saturated rings. The van der Waals surface area contributed by atoms with Crippen molar-refractivity contribution >= 4 is 5.91 Å². The van der Waals surface area contributed by atoms with E-state index >= 15 is 0 Å². The monoisotopic (exact) mass is 282 g/mol. The lowest BCUT2D eigenvalue weighted by Crippen LogP contribution is -2.63. The number of benzene rings is 1. The Labute approximate surface area is 123 Å². The molecule has 4 rings (SSSR count). The summed E-state index contributed by atoms with van der Waals surface area (Å²) in [7, 11) is 0. The number of likely N-dealkylation sites (tertiary alicyclic amines) is 1. The number of amides is 1. The fraction of sp³-hybridized carbons (Fsp3) is 0.412. The molecule has 1 saturated carbocycles. The maximum atomic E-state index is 12.2. The van der Waals surface area contributed by atoms with Gasteiger partial charge < -0.3 is 9.42 Å². The average molecular weight is 282 g/mol. The third kappa shape index (κ3) is 2.06. The second-order valence-electron chi connectivity index (χ2n) is 6.50. The molecule has 2 heterocycles. The van der Waals surface area contributed by atoms with Gasteiger partial charge in [-0.25, -0.2) is 0 Å². The van der Waals surface area contributed by atoms with Gasteiger partial charge in [0.25, 0.3) is 5.91 Å². The van der Waals surface area contributed by atoms with Crippen LogP contribution in [0.25, 0.3) is 0 Å². The smallest absolute Gasteiger partial charge is 0.276 e. The number of carbonyl (C=O) groups excluding carboxylic acids is 1. The molecule has 0 atom stereocenters. The number of carbonyl (C=O) groups is 1. The van der Waals surface area contributed by atoms with E-state index in [0.29, 0.717) is 22.8 Å². The van der Waals surface area contributed by atoms with Crippen LogP contribution in [0.3, 0.4) is 0 Å². The Morgan fingerprint density at radius 1 is 1.29 bits per heavy atom. The largest absolute Gasteiger partial charge is 0.361 e. The van der Waals surface area contributed by atoms with Crippen LogP contribution < -0.4 is 0 Å². The van der Waals surface area contributed by atoms with E-state index in [-0.39, 0.29) is 5.91 Å². The first-order valence-electron chi connectivity index (χ1n) is 7.43. The van der Waals surface area contributed by atoms with Crippen LogP contribution >= 0.6 is 0 Å². The molecule has 1 aliphatic carbocycles. The third-order valence-electron chi connectivity index (χ3n) is 4.82. The van der Waals surface area contributed by atoms with Crippen molar-refractivity contribution in [3.8, 4) is 0 Å². The van der Waals surface area contributed by atoms with Crippen LogP contribution in [0.4, 0.5) is 0 Å². The predicted molar refractivity (Wildman–Crippen MR) is 78.0 cm³/mol. The second-order valence-corrected chi connectivity index (χ2v) is 6.50. The normalized spacial score (nSPS) is 20.1. The summed E-state index contributed by atoms with van der Waals surface area (Å²) in [6, 6.07) is 12.4. The van der Waals surface area contributed by atoms with Crippen molar-refractivity contribution in [2.75, 3.05) is 13.1 Å². The van der Waals surface area contributed by atoms with Crippen LogP contribution in [0.1, 0.15) is 40.6 Å². The number of aryl methyl sites for hydroxylation is 1. The summed E-state index contributed by atoms with van der Waals surface area (Å²) < 4.78 is 4.97. The topological polar surface area (TPSA) is 46.3 Å². The zero-order valence-electron chi connectivity index (χ0n) is 12.1. The van der Waals surface area contributed by atoms with E-state index in [1.54, 1.807) is 13.0 Å². The lowest BCUT2D eigenvalue weighted by atomic mass is 9.56. The van der Waals surface area contributed by atoms with Gasteiger partial charge in [-0.1, -0.05) is 35.5 Å². The molecule has 1 aliphatic heterocycles. The second kappa shape index (κ2) is 4.45. The van der Waals surface area contributed by atoms with E-state index in [2.05, 4.69) is 35.5 Å². The highest BCUT2D eigenvalue weighted by Gasteiger charge is 2.54. The standard InChI is InChI=1S/C17H18N2O2/c1-12-7-15(18-21-12)16(20)19-10-17(11-19)8-14(9-17)13-5-3-2-4-6-13/h2-7,14H,8-11H2,1H3. The molecule has 108 valence electrons. The molecule has 0 bridgehead atoms. The molecule has 0 N–H and O–H groups in total. The summed E-state index contributed by atoms with van der Waals surface area (Å²) in [5.41, 5.74) is 2.22.